The molecule has 1 heterocycles. The van der Waals surface area contributed by atoms with Gasteiger partial charge in [0.1, 0.15) is 11.6 Å². The molecule has 0 aromatic heterocycles. The number of rotatable bonds is 3. The highest BCUT2D eigenvalue weighted by Gasteiger charge is 2.17. The fourth-order valence-corrected chi connectivity index (χ4v) is 2.47. The summed E-state index contributed by atoms with van der Waals surface area (Å²) in [5.74, 6) is 1.31. The molecule has 1 aromatic carbocycles. The Morgan fingerprint density at radius 3 is 3.00 bits per heavy atom. The van der Waals surface area contributed by atoms with E-state index >= 15 is 0 Å². The third kappa shape index (κ3) is 3.19. The lowest BCUT2D eigenvalue weighted by molar-refractivity contribution is 0.174. The highest BCUT2D eigenvalue weighted by atomic mass is 19.1. The number of likely N-dealkylation sites (tertiary alicyclic amines) is 1. The molecular weight excluding hydrogens is 217 g/mol. The highest BCUT2D eigenvalue weighted by Crippen LogP contribution is 2.21. The van der Waals surface area contributed by atoms with Gasteiger partial charge >= 0.3 is 0 Å². The predicted octanol–water partition coefficient (Wildman–Crippen LogP) is 3.07. The SMILES string of the molecule is COc1ccc(F)c(CN2CCCC(C)C2)c1. The lowest BCUT2D eigenvalue weighted by atomic mass is 10.00. The number of nitrogens with zero attached hydrogens (tertiary/aromatic N) is 1. The van der Waals surface area contributed by atoms with Crippen molar-refractivity contribution in [1.82, 2.24) is 4.90 Å². The Kier molecular flexibility index (Phi) is 4.00. The first-order valence-electron chi connectivity index (χ1n) is 6.24. The van der Waals surface area contributed by atoms with Crippen LogP contribution in [-0.2, 0) is 6.54 Å². The van der Waals surface area contributed by atoms with E-state index in [-0.39, 0.29) is 5.82 Å². The van der Waals surface area contributed by atoms with E-state index in [1.54, 1.807) is 19.2 Å². The Balaban J connectivity index is 2.06. The summed E-state index contributed by atoms with van der Waals surface area (Å²) in [5, 5.41) is 0. The van der Waals surface area contributed by atoms with Gasteiger partial charge in [0.15, 0.2) is 0 Å². The zero-order chi connectivity index (χ0) is 12.3. The van der Waals surface area contributed by atoms with Crippen LogP contribution in [0.4, 0.5) is 4.39 Å². The minimum absolute atomic E-state index is 0.135. The van der Waals surface area contributed by atoms with Crippen LogP contribution < -0.4 is 4.74 Å². The zero-order valence-electron chi connectivity index (χ0n) is 10.6. The number of hydrogen-bond donors (Lipinski definition) is 0. The van der Waals surface area contributed by atoms with Crippen molar-refractivity contribution in [3.63, 3.8) is 0 Å². The van der Waals surface area contributed by atoms with Gasteiger partial charge in [0.2, 0.25) is 0 Å². The molecular formula is C14H20FNO. The van der Waals surface area contributed by atoms with Crippen molar-refractivity contribution in [3.05, 3.63) is 29.6 Å². The van der Waals surface area contributed by atoms with Gasteiger partial charge in [-0.1, -0.05) is 6.92 Å². The second-order valence-corrected chi connectivity index (χ2v) is 4.94. The normalized spacial score (nSPS) is 21.5. The van der Waals surface area contributed by atoms with Crippen LogP contribution in [0.3, 0.4) is 0 Å². The van der Waals surface area contributed by atoms with Crippen LogP contribution in [0.5, 0.6) is 5.75 Å². The van der Waals surface area contributed by atoms with Gasteiger partial charge in [0.05, 0.1) is 7.11 Å². The first-order valence-corrected chi connectivity index (χ1v) is 6.24. The van der Waals surface area contributed by atoms with Crippen LogP contribution in [0.2, 0.25) is 0 Å². The molecule has 2 nitrogen and oxygen atoms in total. The number of methoxy groups -OCH3 is 1. The van der Waals surface area contributed by atoms with Crippen molar-refractivity contribution in [2.24, 2.45) is 5.92 Å². The molecule has 17 heavy (non-hydrogen) atoms. The fraction of sp³-hybridized carbons (Fsp3) is 0.571. The molecule has 1 saturated heterocycles. The van der Waals surface area contributed by atoms with Crippen LogP contribution in [0.1, 0.15) is 25.3 Å². The second-order valence-electron chi connectivity index (χ2n) is 4.94. The van der Waals surface area contributed by atoms with E-state index in [0.29, 0.717) is 6.54 Å². The van der Waals surface area contributed by atoms with Crippen molar-refractivity contribution in [2.75, 3.05) is 20.2 Å². The summed E-state index contributed by atoms with van der Waals surface area (Å²) in [6.45, 7) is 5.08. The summed E-state index contributed by atoms with van der Waals surface area (Å²) in [4.78, 5) is 2.33. The van der Waals surface area contributed by atoms with Crippen molar-refractivity contribution < 1.29 is 9.13 Å². The largest absolute Gasteiger partial charge is 0.497 e. The van der Waals surface area contributed by atoms with Crippen molar-refractivity contribution in [1.29, 1.82) is 0 Å². The Bertz CT molecular complexity index is 380. The second kappa shape index (κ2) is 5.50. The number of ether oxygens (including phenoxy) is 1. The third-order valence-corrected chi connectivity index (χ3v) is 3.39. The number of hydrogen-bond acceptors (Lipinski definition) is 2. The van der Waals surface area contributed by atoms with Gasteiger partial charge in [-0.3, -0.25) is 4.90 Å². The molecule has 3 heteroatoms. The molecule has 0 saturated carbocycles. The molecule has 0 N–H and O–H groups in total. The van der Waals surface area contributed by atoms with Crippen molar-refractivity contribution >= 4 is 0 Å². The minimum Gasteiger partial charge on any atom is -0.497 e. The molecule has 1 aliphatic heterocycles. The predicted molar refractivity (Wildman–Crippen MR) is 66.6 cm³/mol. The molecule has 0 bridgehead atoms. The highest BCUT2D eigenvalue weighted by molar-refractivity contribution is 5.29. The maximum Gasteiger partial charge on any atom is 0.127 e. The lowest BCUT2D eigenvalue weighted by Gasteiger charge is -2.30. The Morgan fingerprint density at radius 1 is 1.47 bits per heavy atom. The molecule has 1 aliphatic rings. The van der Waals surface area contributed by atoms with E-state index in [1.807, 2.05) is 0 Å². The lowest BCUT2D eigenvalue weighted by Crippen LogP contribution is -2.33. The fourth-order valence-electron chi connectivity index (χ4n) is 2.47. The Labute approximate surface area is 102 Å². The standard InChI is InChI=1S/C14H20FNO/c1-11-4-3-7-16(9-11)10-12-8-13(17-2)5-6-14(12)15/h5-6,8,11H,3-4,7,9-10H2,1-2H3. The van der Waals surface area contributed by atoms with Gasteiger partial charge in [-0.15, -0.1) is 0 Å². The maximum absolute atomic E-state index is 13.7. The molecule has 0 radical (unpaired) electrons. The monoisotopic (exact) mass is 237 g/mol. The summed E-state index contributed by atoms with van der Waals surface area (Å²) in [5.41, 5.74) is 0.735. The summed E-state index contributed by atoms with van der Waals surface area (Å²) >= 11 is 0. The molecule has 1 unspecified atom stereocenters. The van der Waals surface area contributed by atoms with E-state index in [9.17, 15) is 4.39 Å². The third-order valence-electron chi connectivity index (χ3n) is 3.39. The van der Waals surface area contributed by atoms with Crippen molar-refractivity contribution in [2.45, 2.75) is 26.3 Å². The van der Waals surface area contributed by atoms with Crippen molar-refractivity contribution in [3.8, 4) is 5.75 Å². The van der Waals surface area contributed by atoms with E-state index < -0.39 is 0 Å². The maximum atomic E-state index is 13.7. The van der Waals surface area contributed by atoms with E-state index in [1.165, 1.54) is 18.9 Å². The summed E-state index contributed by atoms with van der Waals surface area (Å²) in [6, 6.07) is 4.95. The number of piperidine rings is 1. The van der Waals surface area contributed by atoms with E-state index in [2.05, 4.69) is 11.8 Å². The molecule has 2 rings (SSSR count). The molecule has 94 valence electrons. The summed E-state index contributed by atoms with van der Waals surface area (Å²) in [6.07, 6.45) is 2.50. The van der Waals surface area contributed by atoms with Gasteiger partial charge in [-0.2, -0.15) is 0 Å². The molecule has 0 amide bonds. The number of benzene rings is 1. The molecule has 1 aromatic rings. The average molecular weight is 237 g/mol. The van der Waals surface area contributed by atoms with Gasteiger partial charge in [0, 0.05) is 18.7 Å². The van der Waals surface area contributed by atoms with Gasteiger partial charge in [-0.05, 0) is 43.5 Å². The Hall–Kier alpha value is -1.09. The van der Waals surface area contributed by atoms with Crippen LogP contribution in [0.25, 0.3) is 0 Å². The zero-order valence-corrected chi connectivity index (χ0v) is 10.6. The minimum atomic E-state index is -0.135. The Morgan fingerprint density at radius 2 is 2.29 bits per heavy atom. The molecule has 1 atom stereocenters. The summed E-state index contributed by atoms with van der Waals surface area (Å²) in [7, 11) is 1.61. The first kappa shape index (κ1) is 12.4. The number of halogens is 1. The topological polar surface area (TPSA) is 12.5 Å². The van der Waals surface area contributed by atoms with E-state index in [4.69, 9.17) is 4.74 Å². The summed E-state index contributed by atoms with van der Waals surface area (Å²) < 4.78 is 18.8. The smallest absolute Gasteiger partial charge is 0.127 e. The first-order chi connectivity index (χ1) is 8.19. The van der Waals surface area contributed by atoms with E-state index in [0.717, 1.165) is 30.3 Å². The molecule has 1 fully saturated rings. The van der Waals surface area contributed by atoms with Crippen LogP contribution in [-0.4, -0.2) is 25.1 Å². The van der Waals surface area contributed by atoms with Gasteiger partial charge in [0.25, 0.3) is 0 Å². The van der Waals surface area contributed by atoms with Gasteiger partial charge in [-0.25, -0.2) is 4.39 Å². The average Bonchev–Trinajstić information content (AvgIpc) is 2.32. The van der Waals surface area contributed by atoms with Crippen LogP contribution in [0.15, 0.2) is 18.2 Å². The van der Waals surface area contributed by atoms with Crippen LogP contribution in [0, 0.1) is 11.7 Å². The van der Waals surface area contributed by atoms with Gasteiger partial charge < -0.3 is 4.74 Å². The molecule has 0 spiro atoms. The molecule has 0 aliphatic carbocycles. The quantitative estimate of drug-likeness (QED) is 0.801. The van der Waals surface area contributed by atoms with Crippen LogP contribution >= 0.6 is 0 Å².